The summed E-state index contributed by atoms with van der Waals surface area (Å²) in [7, 11) is 1.49. The molecule has 2 aliphatic heterocycles. The molecule has 0 aromatic heterocycles. The van der Waals surface area contributed by atoms with E-state index in [2.05, 4.69) is 10.6 Å². The Balaban J connectivity index is 1.88. The summed E-state index contributed by atoms with van der Waals surface area (Å²) in [5, 5.41) is 5.79. The third-order valence-corrected chi connectivity index (χ3v) is 5.36. The molecule has 2 amide bonds. The van der Waals surface area contributed by atoms with Gasteiger partial charge < -0.3 is 20.3 Å². The standard InChI is InChI=1S/C19H24FN3O3/c1-21-18(25)16(3-2-10-24)23-11-15-14(19(23)26)5-4-13(17(15)20)12-6-8-22-9-7-12/h4-5,10,12,16,22H,2-3,6-9,11H2,1H3,(H,21,25). The zero-order chi connectivity index (χ0) is 18.7. The highest BCUT2D eigenvalue weighted by Crippen LogP contribution is 2.35. The van der Waals surface area contributed by atoms with Crippen LogP contribution < -0.4 is 10.6 Å². The van der Waals surface area contributed by atoms with Gasteiger partial charge in [-0.15, -0.1) is 0 Å². The summed E-state index contributed by atoms with van der Waals surface area (Å²) in [6.45, 7) is 1.78. The predicted molar refractivity (Wildman–Crippen MR) is 94.3 cm³/mol. The van der Waals surface area contributed by atoms with Gasteiger partial charge in [-0.1, -0.05) is 6.07 Å². The average molecular weight is 361 g/mol. The van der Waals surface area contributed by atoms with E-state index in [0.29, 0.717) is 16.7 Å². The maximum absolute atomic E-state index is 15.1. The van der Waals surface area contributed by atoms with Gasteiger partial charge in [0.2, 0.25) is 5.91 Å². The molecular formula is C19H24FN3O3. The summed E-state index contributed by atoms with van der Waals surface area (Å²) >= 11 is 0. The van der Waals surface area contributed by atoms with Crippen molar-refractivity contribution in [2.24, 2.45) is 0 Å². The molecule has 0 aliphatic carbocycles. The highest BCUT2D eigenvalue weighted by Gasteiger charge is 2.38. The first-order chi connectivity index (χ1) is 12.6. The maximum Gasteiger partial charge on any atom is 0.255 e. The summed E-state index contributed by atoms with van der Waals surface area (Å²) in [4.78, 5) is 37.0. The fourth-order valence-corrected chi connectivity index (χ4v) is 3.91. The molecule has 140 valence electrons. The van der Waals surface area contributed by atoms with E-state index >= 15 is 4.39 Å². The van der Waals surface area contributed by atoms with Gasteiger partial charge in [-0.3, -0.25) is 9.59 Å². The molecule has 2 aliphatic rings. The molecule has 1 aromatic carbocycles. The van der Waals surface area contributed by atoms with Crippen LogP contribution in [-0.2, 0) is 16.1 Å². The number of nitrogens with zero attached hydrogens (tertiary/aromatic N) is 1. The smallest absolute Gasteiger partial charge is 0.255 e. The Bertz CT molecular complexity index is 716. The van der Waals surface area contributed by atoms with E-state index in [-0.39, 0.29) is 42.9 Å². The second-order valence-corrected chi connectivity index (χ2v) is 6.83. The van der Waals surface area contributed by atoms with Crippen molar-refractivity contribution in [1.82, 2.24) is 15.5 Å². The average Bonchev–Trinajstić information content (AvgIpc) is 3.00. The van der Waals surface area contributed by atoms with Crippen LogP contribution in [0.25, 0.3) is 0 Å². The molecule has 6 nitrogen and oxygen atoms in total. The minimum Gasteiger partial charge on any atom is -0.357 e. The normalized spacial score (nSPS) is 18.5. The Morgan fingerprint density at radius 3 is 2.81 bits per heavy atom. The number of aldehydes is 1. The topological polar surface area (TPSA) is 78.5 Å². The van der Waals surface area contributed by atoms with Gasteiger partial charge in [0.25, 0.3) is 5.91 Å². The zero-order valence-electron chi connectivity index (χ0n) is 14.9. The molecule has 0 radical (unpaired) electrons. The van der Waals surface area contributed by atoms with Crippen molar-refractivity contribution in [1.29, 1.82) is 0 Å². The largest absolute Gasteiger partial charge is 0.357 e. The quantitative estimate of drug-likeness (QED) is 0.750. The number of rotatable bonds is 6. The molecule has 0 bridgehead atoms. The van der Waals surface area contributed by atoms with Crippen LogP contribution >= 0.6 is 0 Å². The zero-order valence-corrected chi connectivity index (χ0v) is 14.9. The number of likely N-dealkylation sites (N-methyl/N-ethyl adjacent to an activating group) is 1. The number of piperidine rings is 1. The van der Waals surface area contributed by atoms with E-state index in [9.17, 15) is 14.4 Å². The molecule has 1 atom stereocenters. The molecule has 2 heterocycles. The molecule has 3 rings (SSSR count). The van der Waals surface area contributed by atoms with Gasteiger partial charge in [0.15, 0.2) is 0 Å². The summed E-state index contributed by atoms with van der Waals surface area (Å²) < 4.78 is 15.1. The van der Waals surface area contributed by atoms with Gasteiger partial charge in [-0.05, 0) is 49.9 Å². The fourth-order valence-electron chi connectivity index (χ4n) is 3.91. The Hall–Kier alpha value is -2.28. The second-order valence-electron chi connectivity index (χ2n) is 6.83. The summed E-state index contributed by atoms with van der Waals surface area (Å²) in [6.07, 6.45) is 2.85. The van der Waals surface area contributed by atoms with E-state index in [4.69, 9.17) is 0 Å². The minimum atomic E-state index is -0.771. The van der Waals surface area contributed by atoms with Crippen LogP contribution in [-0.4, -0.2) is 49.2 Å². The van der Waals surface area contributed by atoms with Crippen LogP contribution in [0, 0.1) is 5.82 Å². The molecule has 7 heteroatoms. The molecule has 0 spiro atoms. The second kappa shape index (κ2) is 7.95. The van der Waals surface area contributed by atoms with E-state index in [1.807, 2.05) is 0 Å². The summed E-state index contributed by atoms with van der Waals surface area (Å²) in [6, 6.07) is 2.62. The number of hydrogen-bond donors (Lipinski definition) is 2. The van der Waals surface area contributed by atoms with Gasteiger partial charge >= 0.3 is 0 Å². The van der Waals surface area contributed by atoms with Crippen LogP contribution in [0.3, 0.4) is 0 Å². The monoisotopic (exact) mass is 361 g/mol. The van der Waals surface area contributed by atoms with Crippen LogP contribution in [0.5, 0.6) is 0 Å². The SMILES string of the molecule is CNC(=O)C(CCC=O)N1Cc2c(ccc(C3CCNCC3)c2F)C1=O. The number of benzene rings is 1. The molecule has 1 fully saturated rings. The fraction of sp³-hybridized carbons (Fsp3) is 0.526. The highest BCUT2D eigenvalue weighted by atomic mass is 19.1. The lowest BCUT2D eigenvalue weighted by atomic mass is 9.88. The Morgan fingerprint density at radius 2 is 2.15 bits per heavy atom. The number of carbonyl (C=O) groups is 3. The number of halogens is 1. The highest BCUT2D eigenvalue weighted by molar-refractivity contribution is 6.01. The Morgan fingerprint density at radius 1 is 1.42 bits per heavy atom. The van der Waals surface area contributed by atoms with Crippen molar-refractivity contribution < 1.29 is 18.8 Å². The summed E-state index contributed by atoms with van der Waals surface area (Å²) in [5.74, 6) is -0.867. The molecule has 2 N–H and O–H groups in total. The molecule has 0 saturated carbocycles. The van der Waals surface area contributed by atoms with Crippen molar-refractivity contribution in [3.05, 3.63) is 34.6 Å². The maximum atomic E-state index is 15.1. The van der Waals surface area contributed by atoms with E-state index in [1.54, 1.807) is 12.1 Å². The van der Waals surface area contributed by atoms with Gasteiger partial charge in [-0.25, -0.2) is 4.39 Å². The predicted octanol–water partition coefficient (Wildman–Crippen LogP) is 1.34. The number of amides is 2. The van der Waals surface area contributed by atoms with E-state index in [1.165, 1.54) is 11.9 Å². The number of nitrogens with one attached hydrogen (secondary N) is 2. The van der Waals surface area contributed by atoms with E-state index < -0.39 is 6.04 Å². The molecule has 1 saturated heterocycles. The van der Waals surface area contributed by atoms with Crippen molar-refractivity contribution in [2.75, 3.05) is 20.1 Å². The lowest BCUT2D eigenvalue weighted by molar-refractivity contribution is -0.125. The minimum absolute atomic E-state index is 0.0652. The number of carbonyl (C=O) groups excluding carboxylic acids is 3. The van der Waals surface area contributed by atoms with Gasteiger partial charge in [0, 0.05) is 24.6 Å². The lowest BCUT2D eigenvalue weighted by Gasteiger charge is -2.26. The van der Waals surface area contributed by atoms with Crippen LogP contribution in [0.2, 0.25) is 0 Å². The van der Waals surface area contributed by atoms with Crippen molar-refractivity contribution in [2.45, 2.75) is 44.2 Å². The number of hydrogen-bond acceptors (Lipinski definition) is 4. The summed E-state index contributed by atoms with van der Waals surface area (Å²) in [5.41, 5.74) is 1.34. The molecular weight excluding hydrogens is 337 g/mol. The van der Waals surface area contributed by atoms with Crippen molar-refractivity contribution in [3.8, 4) is 0 Å². The molecule has 1 aromatic rings. The van der Waals surface area contributed by atoms with Gasteiger partial charge in [0.1, 0.15) is 18.1 Å². The molecule has 26 heavy (non-hydrogen) atoms. The van der Waals surface area contributed by atoms with E-state index in [0.717, 1.165) is 32.2 Å². The first-order valence-corrected chi connectivity index (χ1v) is 9.06. The Labute approximate surface area is 152 Å². The third-order valence-electron chi connectivity index (χ3n) is 5.36. The third kappa shape index (κ3) is 3.35. The van der Waals surface area contributed by atoms with Gasteiger partial charge in [-0.2, -0.15) is 0 Å². The number of fused-ring (bicyclic) bond motifs is 1. The van der Waals surface area contributed by atoms with Crippen LogP contribution in [0.15, 0.2) is 12.1 Å². The van der Waals surface area contributed by atoms with Gasteiger partial charge in [0.05, 0.1) is 6.54 Å². The van der Waals surface area contributed by atoms with Crippen LogP contribution in [0.4, 0.5) is 4.39 Å². The van der Waals surface area contributed by atoms with Crippen molar-refractivity contribution >= 4 is 18.1 Å². The first kappa shape index (κ1) is 18.5. The van der Waals surface area contributed by atoms with Crippen LogP contribution in [0.1, 0.15) is 53.1 Å². The lowest BCUT2D eigenvalue weighted by Crippen LogP contribution is -2.46. The van der Waals surface area contributed by atoms with Crippen molar-refractivity contribution in [3.63, 3.8) is 0 Å². The molecule has 1 unspecified atom stereocenters. The Kier molecular flexibility index (Phi) is 5.66. The first-order valence-electron chi connectivity index (χ1n) is 9.06.